The highest BCUT2D eigenvalue weighted by Gasteiger charge is 2.44. The third kappa shape index (κ3) is 15.6. The highest BCUT2D eigenvalue weighted by molar-refractivity contribution is 7.87. The molecule has 9 rings (SSSR count). The van der Waals surface area contributed by atoms with Crippen LogP contribution in [0.1, 0.15) is 61.9 Å². The van der Waals surface area contributed by atoms with Gasteiger partial charge in [-0.05, 0) is 110 Å². The van der Waals surface area contributed by atoms with E-state index in [4.69, 9.17) is 34.8 Å². The Kier molecular flexibility index (Phi) is 20.7. The van der Waals surface area contributed by atoms with E-state index in [2.05, 4.69) is 45.1 Å². The van der Waals surface area contributed by atoms with Crippen LogP contribution in [-0.2, 0) is 45.0 Å². The van der Waals surface area contributed by atoms with E-state index in [-0.39, 0.29) is 58.8 Å². The molecule has 3 aliphatic rings. The molecule has 6 heterocycles. The number of amides is 3. The summed E-state index contributed by atoms with van der Waals surface area (Å²) >= 11 is 17.1. The van der Waals surface area contributed by atoms with E-state index in [1.807, 2.05) is 0 Å². The standard InChI is InChI=1S/3C16H16ClFN4O3S.CH4/c3*1-22-15(16(23)20-10-5-6-12(18)11(17)8-10)9-14(21-26(22,24)25)13-4-2-3-7-19-13;/h3*2-8,14-15,21H,9H2,1H3,(H,20,23);1H4/t2*14-,15+;;/m10../s1. The molecule has 3 aromatic carbocycles. The van der Waals surface area contributed by atoms with E-state index >= 15 is 0 Å². The van der Waals surface area contributed by atoms with Gasteiger partial charge in [-0.15, -0.1) is 0 Å². The Morgan fingerprint density at radius 1 is 0.468 bits per heavy atom. The van der Waals surface area contributed by atoms with Crippen molar-refractivity contribution in [2.75, 3.05) is 37.1 Å². The fourth-order valence-corrected chi connectivity index (χ4v) is 12.4. The van der Waals surface area contributed by atoms with E-state index < -0.39 is 102 Å². The molecule has 3 amide bonds. The van der Waals surface area contributed by atoms with Gasteiger partial charge in [0.2, 0.25) is 17.7 Å². The van der Waals surface area contributed by atoms with E-state index in [9.17, 15) is 52.8 Å². The van der Waals surface area contributed by atoms with Crippen LogP contribution in [0.2, 0.25) is 15.1 Å². The number of hydrogen-bond donors (Lipinski definition) is 6. The first kappa shape index (κ1) is 62.0. The quantitative estimate of drug-likeness (QED) is 0.0862. The summed E-state index contributed by atoms with van der Waals surface area (Å²) in [4.78, 5) is 50.4. The number of benzene rings is 3. The van der Waals surface area contributed by atoms with Gasteiger partial charge in [-0.3, -0.25) is 29.3 Å². The van der Waals surface area contributed by atoms with Gasteiger partial charge in [0.05, 0.1) is 50.3 Å². The molecule has 3 aromatic heterocycles. The molecule has 0 spiro atoms. The summed E-state index contributed by atoms with van der Waals surface area (Å²) in [5.74, 6) is -3.45. The summed E-state index contributed by atoms with van der Waals surface area (Å²) in [6, 6.07) is 21.9. The monoisotopic (exact) mass is 1210 g/mol. The molecule has 3 saturated heterocycles. The zero-order chi connectivity index (χ0) is 56.7. The van der Waals surface area contributed by atoms with Crippen molar-refractivity contribution in [1.29, 1.82) is 0 Å². The lowest BCUT2D eigenvalue weighted by Gasteiger charge is -2.35. The van der Waals surface area contributed by atoms with Gasteiger partial charge in [0, 0.05) is 56.8 Å². The Morgan fingerprint density at radius 2 is 0.722 bits per heavy atom. The van der Waals surface area contributed by atoms with Crippen molar-refractivity contribution < 1.29 is 52.8 Å². The SMILES string of the molecule is C.CN1C(C(=O)Nc2ccc(F)c(Cl)c2)CC(c2ccccn2)NS1(=O)=O.CN1[C@@H](C(=O)Nc2ccc(F)c(Cl)c2)C[C@@H](c2ccccn2)NS1(=O)=O.CN1[C@H](C(=O)Nc2ccc(F)c(Cl)c2)C[C@H](c2ccccn2)NS1(=O)=O. The molecular weight excluding hydrogens is 1160 g/mol. The molecule has 6 atom stereocenters. The van der Waals surface area contributed by atoms with Crippen LogP contribution in [0.15, 0.2) is 128 Å². The Morgan fingerprint density at radius 3 is 0.937 bits per heavy atom. The Labute approximate surface area is 469 Å². The maximum atomic E-state index is 13.2. The second-order valence-corrected chi connectivity index (χ2v) is 24.0. The van der Waals surface area contributed by atoms with Crippen LogP contribution in [0, 0.1) is 17.5 Å². The molecule has 6 aromatic rings. The highest BCUT2D eigenvalue weighted by Crippen LogP contribution is 2.31. The Hall–Kier alpha value is -6.21. The van der Waals surface area contributed by atoms with Crippen LogP contribution in [0.5, 0.6) is 0 Å². The average Bonchev–Trinajstić information content (AvgIpc) is 3.42. The molecule has 0 radical (unpaired) electrons. The number of pyridine rings is 3. The number of halogens is 6. The van der Waals surface area contributed by atoms with E-state index in [0.29, 0.717) is 17.1 Å². The summed E-state index contributed by atoms with van der Waals surface area (Å²) in [6.45, 7) is 0. The minimum absolute atomic E-state index is 0. The first-order valence-corrected chi connectivity index (χ1v) is 28.5. The number of carbonyl (C=O) groups excluding carboxylic acids is 3. The molecule has 21 nitrogen and oxygen atoms in total. The minimum atomic E-state index is -3.86. The first-order chi connectivity index (χ1) is 36.8. The molecule has 79 heavy (non-hydrogen) atoms. The molecule has 0 bridgehead atoms. The number of anilines is 3. The molecule has 3 fully saturated rings. The largest absolute Gasteiger partial charge is 0.325 e. The predicted octanol–water partition coefficient (Wildman–Crippen LogP) is 6.91. The van der Waals surface area contributed by atoms with Gasteiger partial charge in [0.1, 0.15) is 35.6 Å². The zero-order valence-corrected chi connectivity index (χ0v) is 45.8. The normalized spacial score (nSPS) is 22.4. The van der Waals surface area contributed by atoms with Gasteiger partial charge in [-0.25, -0.2) is 13.2 Å². The van der Waals surface area contributed by atoms with Crippen LogP contribution in [0.3, 0.4) is 0 Å². The summed E-state index contributed by atoms with van der Waals surface area (Å²) in [5.41, 5.74) is 2.39. The van der Waals surface area contributed by atoms with Crippen molar-refractivity contribution in [3.8, 4) is 0 Å². The van der Waals surface area contributed by atoms with Crippen LogP contribution < -0.4 is 30.1 Å². The summed E-state index contributed by atoms with van der Waals surface area (Å²) in [5, 5.41) is 7.31. The van der Waals surface area contributed by atoms with Gasteiger partial charge in [0.25, 0.3) is 30.6 Å². The first-order valence-electron chi connectivity index (χ1n) is 23.1. The fraction of sp³-hybridized carbons (Fsp3) is 0.265. The molecule has 0 saturated carbocycles. The molecule has 0 aliphatic carbocycles. The van der Waals surface area contributed by atoms with Gasteiger partial charge >= 0.3 is 0 Å². The second kappa shape index (κ2) is 26.4. The molecule has 6 N–H and O–H groups in total. The van der Waals surface area contributed by atoms with Gasteiger partial charge in [-0.2, -0.15) is 52.3 Å². The Balaban J connectivity index is 0.000000190. The van der Waals surface area contributed by atoms with Crippen LogP contribution >= 0.6 is 34.8 Å². The van der Waals surface area contributed by atoms with E-state index in [0.717, 1.165) is 31.1 Å². The Bertz CT molecular complexity index is 3140. The summed E-state index contributed by atoms with van der Waals surface area (Å²) < 4.78 is 124. The number of likely N-dealkylation sites (N-methyl/N-ethyl adjacent to an activating group) is 3. The van der Waals surface area contributed by atoms with Crippen molar-refractivity contribution >= 4 is 100 Å². The lowest BCUT2D eigenvalue weighted by molar-refractivity contribution is -0.120. The number of nitrogens with one attached hydrogen (secondary N) is 6. The zero-order valence-electron chi connectivity index (χ0n) is 41.1. The number of carbonyl (C=O) groups is 3. The number of nitrogens with zero attached hydrogens (tertiary/aromatic N) is 6. The van der Waals surface area contributed by atoms with Gasteiger partial charge in [-0.1, -0.05) is 60.4 Å². The minimum Gasteiger partial charge on any atom is -0.325 e. The van der Waals surface area contributed by atoms with Crippen molar-refractivity contribution in [3.05, 3.63) is 177 Å². The van der Waals surface area contributed by atoms with Crippen LogP contribution in [0.25, 0.3) is 0 Å². The lowest BCUT2D eigenvalue weighted by atomic mass is 10.0. The molecule has 30 heteroatoms. The molecule has 422 valence electrons. The van der Waals surface area contributed by atoms with Crippen molar-refractivity contribution in [3.63, 3.8) is 0 Å². The predicted molar refractivity (Wildman–Crippen MR) is 292 cm³/mol. The molecular formula is C49H52Cl3F3N12O9S3. The summed E-state index contributed by atoms with van der Waals surface area (Å²) in [6.07, 6.45) is 5.22. The maximum absolute atomic E-state index is 13.2. The number of hydrogen-bond acceptors (Lipinski definition) is 12. The molecule has 2 unspecified atom stereocenters. The smallest absolute Gasteiger partial charge is 0.280 e. The number of rotatable bonds is 9. The average molecular weight is 1210 g/mol. The van der Waals surface area contributed by atoms with Crippen molar-refractivity contribution in [2.45, 2.75) is 62.9 Å². The second-order valence-electron chi connectivity index (χ2n) is 17.4. The van der Waals surface area contributed by atoms with Gasteiger partial charge < -0.3 is 16.0 Å². The van der Waals surface area contributed by atoms with Crippen molar-refractivity contribution in [1.82, 2.24) is 42.0 Å². The van der Waals surface area contributed by atoms with Crippen LogP contribution in [0.4, 0.5) is 30.2 Å². The third-order valence-corrected chi connectivity index (χ3v) is 18.0. The maximum Gasteiger partial charge on any atom is 0.280 e. The van der Waals surface area contributed by atoms with Gasteiger partial charge in [0.15, 0.2) is 0 Å². The van der Waals surface area contributed by atoms with Crippen LogP contribution in [-0.4, -0.2) is 110 Å². The summed E-state index contributed by atoms with van der Waals surface area (Å²) in [7, 11) is -7.64. The topological polar surface area (TPSA) is 274 Å². The van der Waals surface area contributed by atoms with Crippen molar-refractivity contribution in [2.24, 2.45) is 0 Å². The third-order valence-electron chi connectivity index (χ3n) is 12.3. The lowest BCUT2D eigenvalue weighted by Crippen LogP contribution is -2.56. The van der Waals surface area contributed by atoms with E-state index in [1.54, 1.807) is 73.2 Å². The van der Waals surface area contributed by atoms with E-state index in [1.165, 1.54) is 57.5 Å². The highest BCUT2D eigenvalue weighted by atomic mass is 35.5. The number of aromatic nitrogens is 3. The fourth-order valence-electron chi connectivity index (χ4n) is 8.06. The molecule has 3 aliphatic heterocycles.